The summed E-state index contributed by atoms with van der Waals surface area (Å²) < 4.78 is 18.0. The van der Waals surface area contributed by atoms with Crippen LogP contribution in [0.2, 0.25) is 0 Å². The van der Waals surface area contributed by atoms with Gasteiger partial charge in [0.15, 0.2) is 5.79 Å². The topological polar surface area (TPSA) is 27.7 Å². The number of halogens is 1. The Morgan fingerprint density at radius 1 is 1.44 bits per heavy atom. The number of benzene rings is 1. The van der Waals surface area contributed by atoms with E-state index >= 15 is 0 Å². The fourth-order valence-corrected chi connectivity index (χ4v) is 2.17. The van der Waals surface area contributed by atoms with Crippen molar-refractivity contribution < 1.29 is 14.2 Å². The Kier molecular flexibility index (Phi) is 4.30. The van der Waals surface area contributed by atoms with E-state index in [2.05, 4.69) is 15.9 Å². The van der Waals surface area contributed by atoms with Gasteiger partial charge >= 0.3 is 0 Å². The molecule has 3 nitrogen and oxygen atoms in total. The van der Waals surface area contributed by atoms with Gasteiger partial charge in [0.2, 0.25) is 0 Å². The van der Waals surface area contributed by atoms with Crippen molar-refractivity contribution in [3.05, 3.63) is 28.2 Å². The molecule has 0 saturated carbocycles. The molecule has 100 valence electrons. The minimum Gasteiger partial charge on any atom is -0.493 e. The molecule has 1 aromatic carbocycles. The molecule has 0 bridgehead atoms. The molecule has 0 amide bonds. The maximum atomic E-state index is 5.72. The summed E-state index contributed by atoms with van der Waals surface area (Å²) in [4.78, 5) is 0. The maximum absolute atomic E-state index is 5.72. The van der Waals surface area contributed by atoms with E-state index in [-0.39, 0.29) is 6.10 Å². The van der Waals surface area contributed by atoms with Crippen LogP contribution in [-0.2, 0) is 9.47 Å². The summed E-state index contributed by atoms with van der Waals surface area (Å²) in [7, 11) is 0. The summed E-state index contributed by atoms with van der Waals surface area (Å²) in [6.07, 6.45) is 0.981. The van der Waals surface area contributed by atoms with Crippen LogP contribution in [0, 0.1) is 6.92 Å². The van der Waals surface area contributed by atoms with Crippen molar-refractivity contribution in [2.75, 3.05) is 13.2 Å². The zero-order valence-corrected chi connectivity index (χ0v) is 12.6. The van der Waals surface area contributed by atoms with E-state index in [1.165, 1.54) is 5.56 Å². The molecule has 1 aliphatic heterocycles. The second kappa shape index (κ2) is 5.59. The van der Waals surface area contributed by atoms with Gasteiger partial charge in [-0.15, -0.1) is 0 Å². The molecule has 1 aliphatic rings. The molecule has 0 aliphatic carbocycles. The van der Waals surface area contributed by atoms with Gasteiger partial charge in [-0.25, -0.2) is 0 Å². The highest BCUT2D eigenvalue weighted by Gasteiger charge is 2.32. The lowest BCUT2D eigenvalue weighted by Gasteiger charge is -2.17. The molecule has 1 heterocycles. The van der Waals surface area contributed by atoms with Crippen molar-refractivity contribution in [3.63, 3.8) is 0 Å². The van der Waals surface area contributed by atoms with E-state index in [4.69, 9.17) is 14.2 Å². The van der Waals surface area contributed by atoms with Crippen LogP contribution in [0.25, 0.3) is 0 Å². The lowest BCUT2D eigenvalue weighted by atomic mass is 10.2. The Morgan fingerprint density at radius 2 is 2.22 bits per heavy atom. The largest absolute Gasteiger partial charge is 0.493 e. The second-order valence-electron chi connectivity index (χ2n) is 5.00. The average Bonchev–Trinajstić information content (AvgIpc) is 2.63. The number of aryl methyl sites for hydroxylation is 1. The highest BCUT2D eigenvalue weighted by atomic mass is 79.9. The predicted octanol–water partition coefficient (Wildman–Crippen LogP) is 3.68. The minimum atomic E-state index is -0.446. The lowest BCUT2D eigenvalue weighted by Crippen LogP contribution is -2.22. The van der Waals surface area contributed by atoms with Crippen LogP contribution in [0.15, 0.2) is 22.7 Å². The molecule has 0 spiro atoms. The van der Waals surface area contributed by atoms with Gasteiger partial charge in [0, 0.05) is 10.9 Å². The van der Waals surface area contributed by atoms with Crippen molar-refractivity contribution in [2.45, 2.75) is 39.1 Å². The van der Waals surface area contributed by atoms with Crippen LogP contribution in [0.5, 0.6) is 5.75 Å². The molecule has 1 aromatic rings. The van der Waals surface area contributed by atoms with E-state index in [0.29, 0.717) is 13.2 Å². The summed E-state index contributed by atoms with van der Waals surface area (Å²) >= 11 is 3.47. The molecule has 1 saturated heterocycles. The van der Waals surface area contributed by atoms with Crippen molar-refractivity contribution in [3.8, 4) is 5.75 Å². The maximum Gasteiger partial charge on any atom is 0.163 e. The fourth-order valence-electron chi connectivity index (χ4n) is 1.92. The average molecular weight is 315 g/mol. The van der Waals surface area contributed by atoms with Crippen molar-refractivity contribution in [2.24, 2.45) is 0 Å². The number of rotatable bonds is 4. The number of hydrogen-bond acceptors (Lipinski definition) is 3. The van der Waals surface area contributed by atoms with Crippen LogP contribution in [0.3, 0.4) is 0 Å². The quantitative estimate of drug-likeness (QED) is 0.848. The normalized spacial score (nSPS) is 22.1. The van der Waals surface area contributed by atoms with E-state index in [0.717, 1.165) is 16.6 Å². The lowest BCUT2D eigenvalue weighted by molar-refractivity contribution is -0.139. The van der Waals surface area contributed by atoms with Crippen LogP contribution in [0.4, 0.5) is 0 Å². The van der Waals surface area contributed by atoms with Gasteiger partial charge < -0.3 is 14.2 Å². The molecule has 0 aromatic heterocycles. The predicted molar refractivity (Wildman–Crippen MR) is 73.9 cm³/mol. The second-order valence-corrected chi connectivity index (χ2v) is 5.85. The first-order chi connectivity index (χ1) is 8.46. The molecular weight excluding hydrogens is 296 g/mol. The van der Waals surface area contributed by atoms with Crippen molar-refractivity contribution in [1.29, 1.82) is 0 Å². The zero-order chi connectivity index (χ0) is 13.2. The monoisotopic (exact) mass is 314 g/mol. The Bertz CT molecular complexity index is 418. The summed E-state index contributed by atoms with van der Waals surface area (Å²) in [6.45, 7) is 7.21. The fraction of sp³-hybridized carbons (Fsp3) is 0.571. The van der Waals surface area contributed by atoms with Gasteiger partial charge in [-0.1, -0.05) is 15.9 Å². The van der Waals surface area contributed by atoms with Crippen molar-refractivity contribution >= 4 is 15.9 Å². The summed E-state index contributed by atoms with van der Waals surface area (Å²) in [5, 5.41) is 0. The van der Waals surface area contributed by atoms with Gasteiger partial charge in [-0.2, -0.15) is 0 Å². The summed E-state index contributed by atoms with van der Waals surface area (Å²) in [6, 6.07) is 6.00. The molecule has 4 heteroatoms. The highest BCUT2D eigenvalue weighted by molar-refractivity contribution is 9.10. The van der Waals surface area contributed by atoms with Crippen LogP contribution in [-0.4, -0.2) is 25.1 Å². The van der Waals surface area contributed by atoms with Gasteiger partial charge in [-0.05, 0) is 44.5 Å². The van der Waals surface area contributed by atoms with Gasteiger partial charge in [0.1, 0.15) is 5.75 Å². The highest BCUT2D eigenvalue weighted by Crippen LogP contribution is 2.25. The van der Waals surface area contributed by atoms with Crippen LogP contribution in [0.1, 0.15) is 25.8 Å². The number of ether oxygens (including phenoxy) is 3. The Hall–Kier alpha value is -0.580. The standard InChI is InChI=1S/C14H19BrO3/c1-10-8-11(4-5-13(10)15)16-7-6-12-9-17-14(2,3)18-12/h4-5,8,12H,6-7,9H2,1-3H3. The third-order valence-corrected chi connectivity index (χ3v) is 3.80. The first-order valence-corrected chi connectivity index (χ1v) is 6.96. The third kappa shape index (κ3) is 3.70. The molecule has 18 heavy (non-hydrogen) atoms. The van der Waals surface area contributed by atoms with Crippen LogP contribution < -0.4 is 4.74 Å². The molecule has 1 fully saturated rings. The summed E-state index contributed by atoms with van der Waals surface area (Å²) in [5.41, 5.74) is 1.18. The first-order valence-electron chi connectivity index (χ1n) is 6.17. The smallest absolute Gasteiger partial charge is 0.163 e. The summed E-state index contributed by atoms with van der Waals surface area (Å²) in [5.74, 6) is 0.452. The Labute approximate surface area is 117 Å². The first kappa shape index (κ1) is 13.8. The van der Waals surface area contributed by atoms with Gasteiger partial charge in [0.25, 0.3) is 0 Å². The Morgan fingerprint density at radius 3 is 2.83 bits per heavy atom. The van der Waals surface area contributed by atoms with E-state index in [1.807, 2.05) is 39.0 Å². The van der Waals surface area contributed by atoms with E-state index in [9.17, 15) is 0 Å². The zero-order valence-electron chi connectivity index (χ0n) is 11.0. The van der Waals surface area contributed by atoms with Gasteiger partial charge in [-0.3, -0.25) is 0 Å². The SMILES string of the molecule is Cc1cc(OCCC2COC(C)(C)O2)ccc1Br. The minimum absolute atomic E-state index is 0.136. The molecule has 2 rings (SSSR count). The number of hydrogen-bond donors (Lipinski definition) is 0. The molecule has 1 unspecified atom stereocenters. The molecule has 1 atom stereocenters. The molecule has 0 radical (unpaired) electrons. The van der Waals surface area contributed by atoms with Crippen LogP contribution >= 0.6 is 15.9 Å². The molecular formula is C14H19BrO3. The van der Waals surface area contributed by atoms with E-state index in [1.54, 1.807) is 0 Å². The van der Waals surface area contributed by atoms with Gasteiger partial charge in [0.05, 0.1) is 19.3 Å². The van der Waals surface area contributed by atoms with E-state index < -0.39 is 5.79 Å². The Balaban J connectivity index is 1.77. The third-order valence-electron chi connectivity index (χ3n) is 2.91. The van der Waals surface area contributed by atoms with Crippen molar-refractivity contribution in [1.82, 2.24) is 0 Å². The molecule has 0 N–H and O–H groups in total.